The first-order valence-corrected chi connectivity index (χ1v) is 23.8. The molecule has 59 heavy (non-hydrogen) atoms. The fourth-order valence-electron chi connectivity index (χ4n) is 5.49. The van der Waals surface area contributed by atoms with Crippen molar-refractivity contribution in [3.8, 4) is 0 Å². The van der Waals surface area contributed by atoms with Gasteiger partial charge in [0, 0.05) is 6.42 Å². The maximum atomic E-state index is 12.9. The van der Waals surface area contributed by atoms with E-state index >= 15 is 0 Å². The van der Waals surface area contributed by atoms with Gasteiger partial charge >= 0.3 is 0 Å². The zero-order valence-electron chi connectivity index (χ0n) is 37.5. The van der Waals surface area contributed by atoms with Crippen LogP contribution in [0.3, 0.4) is 0 Å². The van der Waals surface area contributed by atoms with Crippen LogP contribution in [0.2, 0.25) is 0 Å². The maximum Gasteiger partial charge on any atom is 0.268 e. The molecule has 10 heteroatoms. The highest BCUT2D eigenvalue weighted by Crippen LogP contribution is 2.38. The first-order chi connectivity index (χ1) is 28.4. The highest BCUT2D eigenvalue weighted by molar-refractivity contribution is 7.45. The first kappa shape index (κ1) is 56.1. The Balaban J connectivity index is 4.65. The number of nitrogens with one attached hydrogen (secondary N) is 1. The van der Waals surface area contributed by atoms with E-state index in [0.29, 0.717) is 30.3 Å². The number of allylic oxidation sites excluding steroid dienone is 18. The summed E-state index contributed by atoms with van der Waals surface area (Å²) in [5.74, 6) is -0.357. The summed E-state index contributed by atoms with van der Waals surface area (Å²) in [4.78, 5) is 25.3. The van der Waals surface area contributed by atoms with E-state index in [4.69, 9.17) is 9.05 Å². The third-order valence-electron chi connectivity index (χ3n) is 9.06. The van der Waals surface area contributed by atoms with Gasteiger partial charge < -0.3 is 34.0 Å². The Morgan fingerprint density at radius 1 is 0.627 bits per heavy atom. The fourth-order valence-corrected chi connectivity index (χ4v) is 6.21. The number of hydrogen-bond acceptors (Lipinski definition) is 7. The highest BCUT2D eigenvalue weighted by Gasteiger charge is 2.29. The Labute approximate surface area is 360 Å². The number of amides is 1. The second-order valence-electron chi connectivity index (χ2n) is 15.8. The number of phosphoric ester groups is 1. The number of rotatable bonds is 38. The van der Waals surface area contributed by atoms with Crippen LogP contribution >= 0.6 is 7.82 Å². The lowest BCUT2D eigenvalue weighted by molar-refractivity contribution is -0.870. The zero-order valence-corrected chi connectivity index (χ0v) is 38.4. The summed E-state index contributed by atoms with van der Waals surface area (Å²) >= 11 is 0. The van der Waals surface area contributed by atoms with Crippen molar-refractivity contribution in [1.29, 1.82) is 0 Å². The van der Waals surface area contributed by atoms with Gasteiger partial charge in [-0.05, 0) is 103 Å². The highest BCUT2D eigenvalue weighted by atomic mass is 31.2. The van der Waals surface area contributed by atoms with Crippen LogP contribution in [0, 0.1) is 0 Å². The summed E-state index contributed by atoms with van der Waals surface area (Å²) in [5, 5.41) is 24.5. The Bertz CT molecular complexity index is 1340. The number of aliphatic hydroxyl groups excluding tert-OH is 2. The van der Waals surface area contributed by atoms with Gasteiger partial charge in [-0.3, -0.25) is 9.36 Å². The average molecular weight is 843 g/mol. The molecule has 0 bridgehead atoms. The van der Waals surface area contributed by atoms with Crippen LogP contribution in [0.5, 0.6) is 0 Å². The second-order valence-corrected chi connectivity index (χ2v) is 17.2. The standard InChI is InChI=1S/C49H83N2O7P/c1-6-8-10-12-14-16-18-20-21-22-23-24-25-26-27-28-29-30-32-34-36-38-40-42-48(53)50-46(45-58-59(55,56)57-44-43-51(3,4)5)49(54)47(52)41-39-37-35-33-31-19-17-15-13-11-9-7-2/h8,10,14-17,20-21,23-24,26-27,29-30,33-36,46-47,49,52,54H,6-7,9,11-13,18-19,22,25,28,31-32,37-45H2,1-5H3,(H-,50,53,55,56)/b10-8-,16-14-,17-15+,21-20-,24-23-,27-26-,30-29-,35-33+,36-34-. The average Bonchev–Trinajstić information content (AvgIpc) is 3.19. The molecule has 336 valence electrons. The molecule has 0 aromatic carbocycles. The monoisotopic (exact) mass is 843 g/mol. The molecule has 0 saturated heterocycles. The van der Waals surface area contributed by atoms with Crippen molar-refractivity contribution in [3.05, 3.63) is 109 Å². The molecule has 0 heterocycles. The van der Waals surface area contributed by atoms with Crippen LogP contribution in [0.4, 0.5) is 0 Å². The number of nitrogens with zero attached hydrogens (tertiary/aromatic N) is 1. The number of quaternary nitrogens is 1. The van der Waals surface area contributed by atoms with Crippen LogP contribution in [0.25, 0.3) is 0 Å². The Kier molecular flexibility index (Phi) is 37.4. The summed E-state index contributed by atoms with van der Waals surface area (Å²) in [5.41, 5.74) is 0. The second kappa shape index (κ2) is 39.3. The lowest BCUT2D eigenvalue weighted by Crippen LogP contribution is -2.51. The minimum Gasteiger partial charge on any atom is -0.756 e. The SMILES string of the molecule is CC/C=C\C/C=C\C/C=C\C/C=C\C/C=C\C/C=C\C/C=C\CCCC(=O)NC(COP(=O)([O-])OCC[N+](C)(C)C)C(O)C(O)CCC/C=C/CC/C=C/CCCCC. The largest absolute Gasteiger partial charge is 0.756 e. The lowest BCUT2D eigenvalue weighted by Gasteiger charge is -2.31. The van der Waals surface area contributed by atoms with Gasteiger partial charge in [0.2, 0.25) is 5.91 Å². The normalized spacial score (nSPS) is 15.9. The van der Waals surface area contributed by atoms with Crippen LogP contribution in [0.15, 0.2) is 109 Å². The van der Waals surface area contributed by atoms with E-state index in [1.54, 1.807) is 0 Å². The van der Waals surface area contributed by atoms with Crippen molar-refractivity contribution in [2.75, 3.05) is 40.9 Å². The van der Waals surface area contributed by atoms with Crippen molar-refractivity contribution in [2.45, 2.75) is 154 Å². The Morgan fingerprint density at radius 3 is 1.56 bits per heavy atom. The third kappa shape index (κ3) is 40.3. The molecular weight excluding hydrogens is 760 g/mol. The number of carbonyl (C=O) groups is 1. The summed E-state index contributed by atoms with van der Waals surface area (Å²) in [6.07, 6.45) is 52.9. The number of likely N-dealkylation sites (N-methyl/N-ethyl adjacent to an activating group) is 1. The molecule has 0 aliphatic heterocycles. The van der Waals surface area contributed by atoms with Gasteiger partial charge in [-0.1, -0.05) is 136 Å². The number of aliphatic hydroxyl groups is 2. The molecule has 4 unspecified atom stereocenters. The van der Waals surface area contributed by atoms with Crippen LogP contribution < -0.4 is 10.2 Å². The predicted molar refractivity (Wildman–Crippen MR) is 248 cm³/mol. The molecule has 9 nitrogen and oxygen atoms in total. The van der Waals surface area contributed by atoms with E-state index < -0.39 is 32.7 Å². The predicted octanol–water partition coefficient (Wildman–Crippen LogP) is 10.9. The Morgan fingerprint density at radius 2 is 1.07 bits per heavy atom. The molecule has 0 aliphatic carbocycles. The number of carbonyl (C=O) groups excluding carboxylic acids is 1. The van der Waals surface area contributed by atoms with Crippen molar-refractivity contribution >= 4 is 13.7 Å². The maximum absolute atomic E-state index is 12.9. The van der Waals surface area contributed by atoms with Gasteiger partial charge in [-0.15, -0.1) is 0 Å². The topological polar surface area (TPSA) is 128 Å². The number of unbranched alkanes of at least 4 members (excludes halogenated alkanes) is 6. The van der Waals surface area contributed by atoms with E-state index in [-0.39, 0.29) is 25.4 Å². The van der Waals surface area contributed by atoms with Gasteiger partial charge in [-0.2, -0.15) is 0 Å². The van der Waals surface area contributed by atoms with E-state index in [0.717, 1.165) is 70.6 Å². The summed E-state index contributed by atoms with van der Waals surface area (Å²) in [6, 6.07) is -1.13. The molecule has 0 saturated carbocycles. The third-order valence-corrected chi connectivity index (χ3v) is 10.0. The molecule has 4 atom stereocenters. The van der Waals surface area contributed by atoms with Crippen molar-refractivity contribution in [1.82, 2.24) is 5.32 Å². The van der Waals surface area contributed by atoms with Crippen molar-refractivity contribution in [2.24, 2.45) is 0 Å². The zero-order chi connectivity index (χ0) is 43.7. The Hall–Kier alpha value is -2.88. The molecule has 0 aromatic rings. The molecule has 0 radical (unpaired) electrons. The van der Waals surface area contributed by atoms with Crippen molar-refractivity contribution < 1.29 is 38.0 Å². The quantitative estimate of drug-likeness (QED) is 0.0244. The number of phosphoric acid groups is 1. The van der Waals surface area contributed by atoms with E-state index in [1.807, 2.05) is 27.2 Å². The molecule has 0 aliphatic rings. The molecule has 0 spiro atoms. The van der Waals surface area contributed by atoms with E-state index in [2.05, 4.69) is 122 Å². The lowest BCUT2D eigenvalue weighted by atomic mass is 10.0. The summed E-state index contributed by atoms with van der Waals surface area (Å²) < 4.78 is 23.1. The minimum atomic E-state index is -4.70. The van der Waals surface area contributed by atoms with Gasteiger partial charge in [0.15, 0.2) is 0 Å². The minimum absolute atomic E-state index is 0.0666. The summed E-state index contributed by atoms with van der Waals surface area (Å²) in [6.45, 7) is 4.18. The van der Waals surface area contributed by atoms with Crippen LogP contribution in [0.1, 0.15) is 136 Å². The molecule has 1 amide bonds. The van der Waals surface area contributed by atoms with Crippen molar-refractivity contribution in [3.63, 3.8) is 0 Å². The number of hydrogen-bond donors (Lipinski definition) is 3. The van der Waals surface area contributed by atoms with E-state index in [1.165, 1.54) is 19.3 Å². The molecule has 3 N–H and O–H groups in total. The van der Waals surface area contributed by atoms with E-state index in [9.17, 15) is 24.5 Å². The first-order valence-electron chi connectivity index (χ1n) is 22.3. The van der Waals surface area contributed by atoms with Crippen LogP contribution in [-0.2, 0) is 18.4 Å². The fraction of sp³-hybridized carbons (Fsp3) is 0.612. The smallest absolute Gasteiger partial charge is 0.268 e. The molecule has 0 aromatic heterocycles. The van der Waals surface area contributed by atoms with Crippen LogP contribution in [-0.4, -0.2) is 79.8 Å². The van der Waals surface area contributed by atoms with Gasteiger partial charge in [0.1, 0.15) is 19.3 Å². The molecule has 0 rings (SSSR count). The molecule has 0 fully saturated rings. The molecular formula is C49H83N2O7P. The summed E-state index contributed by atoms with van der Waals surface area (Å²) in [7, 11) is 1.04. The van der Waals surface area contributed by atoms with Gasteiger partial charge in [0.25, 0.3) is 7.82 Å². The van der Waals surface area contributed by atoms with Gasteiger partial charge in [0.05, 0.1) is 39.9 Å². The van der Waals surface area contributed by atoms with Gasteiger partial charge in [-0.25, -0.2) is 0 Å².